The van der Waals surface area contributed by atoms with E-state index in [9.17, 15) is 4.79 Å². The summed E-state index contributed by atoms with van der Waals surface area (Å²) in [5.41, 5.74) is 5.87. The molecule has 7 heteroatoms. The van der Waals surface area contributed by atoms with Crippen LogP contribution in [0.1, 0.15) is 48.7 Å². The minimum Gasteiger partial charge on any atom is -0.383 e. The number of carbonyl (C=O) groups is 1. The zero-order valence-electron chi connectivity index (χ0n) is 12.6. The van der Waals surface area contributed by atoms with Crippen molar-refractivity contribution in [1.29, 1.82) is 0 Å². The summed E-state index contributed by atoms with van der Waals surface area (Å²) in [4.78, 5) is 17.0. The summed E-state index contributed by atoms with van der Waals surface area (Å²) >= 11 is 1.32. The van der Waals surface area contributed by atoms with Gasteiger partial charge in [-0.15, -0.1) is 0 Å². The van der Waals surface area contributed by atoms with E-state index in [1.54, 1.807) is 7.11 Å². The number of carbonyl (C=O) groups excluding carboxylic acids is 1. The van der Waals surface area contributed by atoms with E-state index in [1.165, 1.54) is 17.8 Å². The Bertz CT molecular complexity index is 468. The molecule has 2 rings (SSSR count). The van der Waals surface area contributed by atoms with Gasteiger partial charge in [-0.3, -0.25) is 4.79 Å². The lowest BCUT2D eigenvalue weighted by molar-refractivity contribution is 0.0896. The first-order chi connectivity index (χ1) is 10.1. The maximum absolute atomic E-state index is 12.3. The number of hydrogen-bond donors (Lipinski definition) is 3. The van der Waals surface area contributed by atoms with Crippen molar-refractivity contribution in [3.8, 4) is 0 Å². The molecule has 0 spiro atoms. The Balaban J connectivity index is 1.96. The molecule has 21 heavy (non-hydrogen) atoms. The Labute approximate surface area is 129 Å². The Morgan fingerprint density at radius 2 is 2.33 bits per heavy atom. The highest BCUT2D eigenvalue weighted by atomic mass is 32.1. The van der Waals surface area contributed by atoms with E-state index < -0.39 is 0 Å². The SMILES string of the molecule is CCCC(COC)NC(=O)c1sc(NC2CCC2)nc1N. The molecule has 1 aromatic rings. The van der Waals surface area contributed by atoms with E-state index in [4.69, 9.17) is 10.5 Å². The third kappa shape index (κ3) is 4.31. The predicted octanol–water partition coefficient (Wildman–Crippen LogP) is 2.23. The first-order valence-electron chi connectivity index (χ1n) is 7.46. The van der Waals surface area contributed by atoms with E-state index in [1.807, 2.05) is 0 Å². The highest BCUT2D eigenvalue weighted by Gasteiger charge is 2.22. The molecule has 0 aromatic carbocycles. The molecule has 0 bridgehead atoms. The maximum atomic E-state index is 12.3. The molecule has 1 heterocycles. The van der Waals surface area contributed by atoms with Crippen LogP contribution in [0.4, 0.5) is 10.9 Å². The fourth-order valence-electron chi connectivity index (χ4n) is 2.28. The number of nitrogen functional groups attached to an aromatic ring is 1. The van der Waals surface area contributed by atoms with Crippen molar-refractivity contribution < 1.29 is 9.53 Å². The number of aromatic nitrogens is 1. The topological polar surface area (TPSA) is 89.3 Å². The molecule has 1 aliphatic rings. The Hall–Kier alpha value is -1.34. The number of thiazole rings is 1. The largest absolute Gasteiger partial charge is 0.383 e. The zero-order chi connectivity index (χ0) is 15.2. The number of ether oxygens (including phenoxy) is 1. The third-order valence-electron chi connectivity index (χ3n) is 3.63. The van der Waals surface area contributed by atoms with Crippen LogP contribution in [0.3, 0.4) is 0 Å². The van der Waals surface area contributed by atoms with Crippen molar-refractivity contribution in [2.75, 3.05) is 24.8 Å². The van der Waals surface area contributed by atoms with Crippen LogP contribution >= 0.6 is 11.3 Å². The summed E-state index contributed by atoms with van der Waals surface area (Å²) in [5.74, 6) is 0.133. The van der Waals surface area contributed by atoms with Gasteiger partial charge in [0.05, 0.1) is 12.6 Å². The van der Waals surface area contributed by atoms with Gasteiger partial charge < -0.3 is 21.1 Å². The summed E-state index contributed by atoms with van der Waals surface area (Å²) in [5, 5.41) is 7.03. The van der Waals surface area contributed by atoms with E-state index in [0.717, 1.165) is 30.8 Å². The summed E-state index contributed by atoms with van der Waals surface area (Å²) in [6, 6.07) is 0.491. The number of nitrogens with one attached hydrogen (secondary N) is 2. The van der Waals surface area contributed by atoms with Crippen molar-refractivity contribution in [3.63, 3.8) is 0 Å². The van der Waals surface area contributed by atoms with E-state index in [2.05, 4.69) is 22.5 Å². The molecule has 1 amide bonds. The first-order valence-corrected chi connectivity index (χ1v) is 8.28. The quantitative estimate of drug-likeness (QED) is 0.685. The summed E-state index contributed by atoms with van der Waals surface area (Å²) in [7, 11) is 1.64. The second-order valence-electron chi connectivity index (χ2n) is 5.42. The van der Waals surface area contributed by atoms with Crippen LogP contribution in [0.25, 0.3) is 0 Å². The molecular formula is C14H24N4O2S. The Morgan fingerprint density at radius 3 is 2.90 bits per heavy atom. The van der Waals surface area contributed by atoms with Crippen LogP contribution in [0, 0.1) is 0 Å². The molecular weight excluding hydrogens is 288 g/mol. The summed E-state index contributed by atoms with van der Waals surface area (Å²) < 4.78 is 5.13. The summed E-state index contributed by atoms with van der Waals surface area (Å²) in [6.07, 6.45) is 5.44. The lowest BCUT2D eigenvalue weighted by atomic mass is 9.93. The normalized spacial score (nSPS) is 16.3. The zero-order valence-corrected chi connectivity index (χ0v) is 13.5. The van der Waals surface area contributed by atoms with Gasteiger partial charge in [-0.2, -0.15) is 0 Å². The highest BCUT2D eigenvalue weighted by molar-refractivity contribution is 7.18. The standard InChI is InChI=1S/C14H24N4O2S/c1-3-5-10(8-20-2)16-13(19)11-12(15)18-14(21-11)17-9-6-4-7-9/h9-10H,3-8,15H2,1-2H3,(H,16,19)(H,17,18). The highest BCUT2D eigenvalue weighted by Crippen LogP contribution is 2.29. The number of rotatable bonds is 8. The minimum absolute atomic E-state index is 0.0111. The van der Waals surface area contributed by atoms with Gasteiger partial charge in [0.15, 0.2) is 5.13 Å². The van der Waals surface area contributed by atoms with Gasteiger partial charge in [-0.25, -0.2) is 4.98 Å². The fraction of sp³-hybridized carbons (Fsp3) is 0.714. The first kappa shape index (κ1) is 16.0. The van der Waals surface area contributed by atoms with E-state index in [-0.39, 0.29) is 11.9 Å². The molecule has 1 aromatic heterocycles. The number of amides is 1. The smallest absolute Gasteiger partial charge is 0.265 e. The van der Waals surface area contributed by atoms with E-state index in [0.29, 0.717) is 23.3 Å². The van der Waals surface area contributed by atoms with Gasteiger partial charge >= 0.3 is 0 Å². The van der Waals surface area contributed by atoms with Gasteiger partial charge in [-0.1, -0.05) is 24.7 Å². The van der Waals surface area contributed by atoms with Crippen LogP contribution in [0.5, 0.6) is 0 Å². The van der Waals surface area contributed by atoms with Crippen molar-refractivity contribution in [2.24, 2.45) is 0 Å². The van der Waals surface area contributed by atoms with Gasteiger partial charge in [0, 0.05) is 13.2 Å². The third-order valence-corrected chi connectivity index (χ3v) is 4.63. The number of anilines is 2. The van der Waals surface area contributed by atoms with Crippen molar-refractivity contribution in [2.45, 2.75) is 51.1 Å². The maximum Gasteiger partial charge on any atom is 0.265 e. The van der Waals surface area contributed by atoms with Crippen molar-refractivity contribution in [1.82, 2.24) is 10.3 Å². The number of hydrogen-bond acceptors (Lipinski definition) is 6. The second-order valence-corrected chi connectivity index (χ2v) is 6.42. The van der Waals surface area contributed by atoms with Crippen LogP contribution in [0.15, 0.2) is 0 Å². The van der Waals surface area contributed by atoms with Crippen LogP contribution in [-0.4, -0.2) is 36.7 Å². The average Bonchev–Trinajstić information content (AvgIpc) is 2.76. The molecule has 1 saturated carbocycles. The molecule has 0 aliphatic heterocycles. The van der Waals surface area contributed by atoms with Crippen molar-refractivity contribution in [3.05, 3.63) is 4.88 Å². The van der Waals surface area contributed by atoms with Crippen molar-refractivity contribution >= 4 is 28.2 Å². The number of nitrogens with zero attached hydrogens (tertiary/aromatic N) is 1. The van der Waals surface area contributed by atoms with E-state index >= 15 is 0 Å². The molecule has 6 nitrogen and oxygen atoms in total. The lowest BCUT2D eigenvalue weighted by Gasteiger charge is -2.25. The van der Waals surface area contributed by atoms with Crippen LogP contribution in [0.2, 0.25) is 0 Å². The molecule has 118 valence electrons. The molecule has 1 unspecified atom stereocenters. The monoisotopic (exact) mass is 312 g/mol. The van der Waals surface area contributed by atoms with Gasteiger partial charge in [0.1, 0.15) is 10.7 Å². The number of nitrogens with two attached hydrogens (primary N) is 1. The van der Waals surface area contributed by atoms with Gasteiger partial charge in [0.25, 0.3) is 5.91 Å². The predicted molar refractivity (Wildman–Crippen MR) is 85.8 cm³/mol. The molecule has 0 radical (unpaired) electrons. The molecule has 1 aliphatic carbocycles. The molecule has 0 saturated heterocycles. The Morgan fingerprint density at radius 1 is 1.57 bits per heavy atom. The summed E-state index contributed by atoms with van der Waals surface area (Å²) in [6.45, 7) is 2.59. The van der Waals surface area contributed by atoms with Crippen LogP contribution < -0.4 is 16.4 Å². The second kappa shape index (κ2) is 7.61. The average molecular weight is 312 g/mol. The van der Waals surface area contributed by atoms with Crippen LogP contribution in [-0.2, 0) is 4.74 Å². The van der Waals surface area contributed by atoms with Gasteiger partial charge in [0.2, 0.25) is 0 Å². The number of methoxy groups -OCH3 is 1. The molecule has 1 fully saturated rings. The fourth-order valence-corrected chi connectivity index (χ4v) is 3.15. The van der Waals surface area contributed by atoms with Gasteiger partial charge in [-0.05, 0) is 25.7 Å². The lowest BCUT2D eigenvalue weighted by Crippen LogP contribution is -2.37. The Kier molecular flexibility index (Phi) is 5.81. The minimum atomic E-state index is -0.165. The molecule has 1 atom stereocenters. The molecule has 4 N–H and O–H groups in total.